The maximum atomic E-state index is 12.1. The summed E-state index contributed by atoms with van der Waals surface area (Å²) in [5, 5.41) is 21.0. The van der Waals surface area contributed by atoms with Crippen molar-refractivity contribution in [2.75, 3.05) is 6.61 Å². The Labute approximate surface area is 156 Å². The zero-order valence-corrected chi connectivity index (χ0v) is 17.1. The van der Waals surface area contributed by atoms with Crippen LogP contribution in [0.2, 0.25) is 0 Å². The van der Waals surface area contributed by atoms with Crippen molar-refractivity contribution in [1.29, 1.82) is 0 Å². The zero-order valence-electron chi connectivity index (χ0n) is 17.1. The minimum absolute atomic E-state index is 0.0250. The number of piperidine rings is 1. The molecule has 0 aromatic heterocycles. The van der Waals surface area contributed by atoms with Crippen molar-refractivity contribution in [3.63, 3.8) is 0 Å². The molecule has 0 saturated carbocycles. The van der Waals surface area contributed by atoms with Gasteiger partial charge in [0.2, 0.25) is 0 Å². The summed E-state index contributed by atoms with van der Waals surface area (Å²) in [6, 6.07) is 0. The molecule has 0 amide bonds. The van der Waals surface area contributed by atoms with Crippen molar-refractivity contribution in [3.05, 3.63) is 0 Å². The summed E-state index contributed by atoms with van der Waals surface area (Å²) in [7, 11) is 0. The van der Waals surface area contributed by atoms with Gasteiger partial charge in [0.15, 0.2) is 0 Å². The molecule has 0 aromatic carbocycles. The summed E-state index contributed by atoms with van der Waals surface area (Å²) in [4.78, 5) is 25.4. The van der Waals surface area contributed by atoms with E-state index in [1.165, 1.54) is 0 Å². The second-order valence-corrected chi connectivity index (χ2v) is 8.27. The summed E-state index contributed by atoms with van der Waals surface area (Å²) in [6.07, 6.45) is -1.57. The Bertz CT molecular complexity index is 502. The highest BCUT2D eigenvalue weighted by molar-refractivity contribution is 5.77. The average Bonchev–Trinajstić information content (AvgIpc) is 2.41. The molecule has 4 unspecified atom stereocenters. The molecule has 2 N–H and O–H groups in total. The first-order chi connectivity index (χ1) is 11.8. The number of aliphatic hydroxyl groups excluding tert-OH is 2. The van der Waals surface area contributed by atoms with Gasteiger partial charge in [0.1, 0.15) is 12.3 Å². The normalized spacial score (nSPS) is 27.4. The molecule has 26 heavy (non-hydrogen) atoms. The molecule has 1 saturated heterocycles. The third-order valence-electron chi connectivity index (χ3n) is 5.25. The fourth-order valence-corrected chi connectivity index (χ4v) is 4.80. The number of esters is 2. The van der Waals surface area contributed by atoms with Crippen LogP contribution in [-0.2, 0) is 19.1 Å². The molecule has 152 valence electrons. The number of hydrogen-bond donors (Lipinski definition) is 2. The highest BCUT2D eigenvalue weighted by Gasteiger charge is 2.55. The molecule has 0 radical (unpaired) electrons. The van der Waals surface area contributed by atoms with Crippen LogP contribution < -0.4 is 0 Å². The predicted octanol–water partition coefficient (Wildman–Crippen LogP) is 1.84. The van der Waals surface area contributed by atoms with E-state index in [1.54, 1.807) is 20.8 Å². The number of carbonyl (C=O) groups is 2. The Balaban J connectivity index is 2.85. The summed E-state index contributed by atoms with van der Waals surface area (Å²) in [6.45, 7) is 13.3. The molecule has 7 nitrogen and oxygen atoms in total. The monoisotopic (exact) mass is 373 g/mol. The van der Waals surface area contributed by atoms with Crippen molar-refractivity contribution in [1.82, 2.24) is 4.90 Å². The number of aliphatic hydroxyl groups is 2. The number of carbonyl (C=O) groups excluding carboxylic acids is 2. The molecule has 7 heteroatoms. The quantitative estimate of drug-likeness (QED) is 0.657. The lowest BCUT2D eigenvalue weighted by molar-refractivity contribution is -0.209. The highest BCUT2D eigenvalue weighted by atomic mass is 16.5. The lowest BCUT2D eigenvalue weighted by Crippen LogP contribution is -2.70. The van der Waals surface area contributed by atoms with Crippen LogP contribution in [-0.4, -0.2) is 63.2 Å². The van der Waals surface area contributed by atoms with Gasteiger partial charge >= 0.3 is 11.9 Å². The maximum Gasteiger partial charge on any atom is 0.306 e. The lowest BCUT2D eigenvalue weighted by atomic mass is 9.68. The smallest absolute Gasteiger partial charge is 0.306 e. The van der Waals surface area contributed by atoms with E-state index in [9.17, 15) is 19.8 Å². The van der Waals surface area contributed by atoms with Crippen molar-refractivity contribution in [2.24, 2.45) is 5.92 Å². The van der Waals surface area contributed by atoms with Crippen molar-refractivity contribution >= 4 is 11.9 Å². The topological polar surface area (TPSA) is 96.3 Å². The molecule has 1 aliphatic heterocycles. The van der Waals surface area contributed by atoms with Crippen LogP contribution in [0.5, 0.6) is 0 Å². The van der Waals surface area contributed by atoms with Gasteiger partial charge in [0, 0.05) is 17.0 Å². The van der Waals surface area contributed by atoms with E-state index in [4.69, 9.17) is 9.47 Å². The fraction of sp³-hybridized carbons (Fsp3) is 0.895. The largest absolute Gasteiger partial charge is 0.466 e. The van der Waals surface area contributed by atoms with Gasteiger partial charge in [-0.05, 0) is 54.9 Å². The van der Waals surface area contributed by atoms with Gasteiger partial charge in [-0.15, -0.1) is 0 Å². The van der Waals surface area contributed by atoms with Crippen LogP contribution in [0.3, 0.4) is 0 Å². The Hall–Kier alpha value is -1.18. The van der Waals surface area contributed by atoms with Crippen LogP contribution >= 0.6 is 0 Å². The SMILES string of the molecule is CCOC(=O)CCC(=O)OC(C)C1C(O)CC(C)(C)N(C(C)O)C1(C)C. The van der Waals surface area contributed by atoms with E-state index in [0.717, 1.165) is 0 Å². The molecular weight excluding hydrogens is 338 g/mol. The Morgan fingerprint density at radius 1 is 1.15 bits per heavy atom. The van der Waals surface area contributed by atoms with Gasteiger partial charge in [-0.1, -0.05) is 0 Å². The third kappa shape index (κ3) is 5.18. The molecular formula is C19H35NO6. The Kier molecular flexibility index (Phi) is 7.62. The summed E-state index contributed by atoms with van der Waals surface area (Å²) in [5.41, 5.74) is -1.00. The van der Waals surface area contributed by atoms with Crippen LogP contribution in [0.4, 0.5) is 0 Å². The third-order valence-corrected chi connectivity index (χ3v) is 5.25. The van der Waals surface area contributed by atoms with Gasteiger partial charge < -0.3 is 19.7 Å². The Morgan fingerprint density at radius 3 is 2.19 bits per heavy atom. The van der Waals surface area contributed by atoms with Crippen LogP contribution in [0.15, 0.2) is 0 Å². The Morgan fingerprint density at radius 2 is 1.69 bits per heavy atom. The predicted molar refractivity (Wildman–Crippen MR) is 97.2 cm³/mol. The molecule has 1 aliphatic rings. The molecule has 1 rings (SSSR count). The average molecular weight is 373 g/mol. The minimum atomic E-state index is -0.707. The number of rotatable bonds is 7. The van der Waals surface area contributed by atoms with E-state index >= 15 is 0 Å². The number of likely N-dealkylation sites (tertiary alicyclic amines) is 1. The molecule has 0 aliphatic carbocycles. The van der Waals surface area contributed by atoms with Crippen LogP contribution in [0.25, 0.3) is 0 Å². The summed E-state index contributed by atoms with van der Waals surface area (Å²) in [5.74, 6) is -1.31. The van der Waals surface area contributed by atoms with E-state index in [-0.39, 0.29) is 25.4 Å². The van der Waals surface area contributed by atoms with E-state index in [0.29, 0.717) is 6.42 Å². The molecule has 1 fully saturated rings. The van der Waals surface area contributed by atoms with E-state index in [1.807, 2.05) is 32.6 Å². The molecule has 0 spiro atoms. The molecule has 1 heterocycles. The van der Waals surface area contributed by atoms with Gasteiger partial charge in [-0.3, -0.25) is 14.5 Å². The minimum Gasteiger partial charge on any atom is -0.466 e. The first-order valence-electron chi connectivity index (χ1n) is 9.35. The van der Waals surface area contributed by atoms with E-state index in [2.05, 4.69) is 0 Å². The van der Waals surface area contributed by atoms with Gasteiger partial charge in [-0.25, -0.2) is 0 Å². The summed E-state index contributed by atoms with van der Waals surface area (Å²) < 4.78 is 10.3. The molecule has 0 aromatic rings. The first kappa shape index (κ1) is 22.9. The number of hydrogen-bond acceptors (Lipinski definition) is 7. The van der Waals surface area contributed by atoms with Crippen LogP contribution in [0.1, 0.15) is 67.7 Å². The van der Waals surface area contributed by atoms with Gasteiger partial charge in [-0.2, -0.15) is 0 Å². The first-order valence-corrected chi connectivity index (χ1v) is 9.35. The fourth-order valence-electron chi connectivity index (χ4n) is 4.80. The van der Waals surface area contributed by atoms with Crippen molar-refractivity contribution < 1.29 is 29.3 Å². The number of nitrogens with zero attached hydrogens (tertiary/aromatic N) is 1. The summed E-state index contributed by atoms with van der Waals surface area (Å²) >= 11 is 0. The maximum absolute atomic E-state index is 12.1. The second kappa shape index (κ2) is 8.67. The highest BCUT2D eigenvalue weighted by Crippen LogP contribution is 2.45. The standard InChI is InChI=1S/C19H35NO6/c1-8-25-15(23)9-10-16(24)26-12(2)17-14(22)11-18(4,5)20(13(3)21)19(17,6)7/h12-14,17,21-22H,8-11H2,1-7H3. The molecule has 0 bridgehead atoms. The van der Waals surface area contributed by atoms with Gasteiger partial charge in [0.05, 0.1) is 25.6 Å². The lowest BCUT2D eigenvalue weighted by Gasteiger charge is -2.60. The zero-order chi connectivity index (χ0) is 20.3. The van der Waals surface area contributed by atoms with E-state index < -0.39 is 41.5 Å². The van der Waals surface area contributed by atoms with Crippen molar-refractivity contribution in [2.45, 2.75) is 97.2 Å². The number of ether oxygens (including phenoxy) is 2. The van der Waals surface area contributed by atoms with Crippen LogP contribution in [0, 0.1) is 5.92 Å². The van der Waals surface area contributed by atoms with Crippen molar-refractivity contribution in [3.8, 4) is 0 Å². The molecule has 4 atom stereocenters. The second-order valence-electron chi connectivity index (χ2n) is 8.27. The van der Waals surface area contributed by atoms with Gasteiger partial charge in [0.25, 0.3) is 0 Å².